The number of nitriles is 1. The van der Waals surface area contributed by atoms with Crippen molar-refractivity contribution >= 4 is 5.82 Å². The number of rotatable bonds is 5. The van der Waals surface area contributed by atoms with Crippen LogP contribution in [-0.2, 0) is 12.8 Å². The summed E-state index contributed by atoms with van der Waals surface area (Å²) in [4.78, 5) is 2.21. The van der Waals surface area contributed by atoms with Gasteiger partial charge < -0.3 is 9.47 Å². The number of piperidine rings is 1. The topological polar surface area (TPSA) is 83.5 Å². The van der Waals surface area contributed by atoms with Gasteiger partial charge in [-0.05, 0) is 45.1 Å². The van der Waals surface area contributed by atoms with E-state index in [0.717, 1.165) is 61.7 Å². The van der Waals surface area contributed by atoms with Crippen LogP contribution in [0.25, 0.3) is 0 Å². The molecule has 1 fully saturated rings. The summed E-state index contributed by atoms with van der Waals surface area (Å²) in [6, 6.07) is 2.72. The Morgan fingerprint density at radius 1 is 1.23 bits per heavy atom. The summed E-state index contributed by atoms with van der Waals surface area (Å²) >= 11 is 0. The smallest absolute Gasteiger partial charge is 0.169 e. The van der Waals surface area contributed by atoms with E-state index < -0.39 is 0 Å². The van der Waals surface area contributed by atoms with Crippen molar-refractivity contribution in [2.75, 3.05) is 18.0 Å². The fourth-order valence-corrected chi connectivity index (χ4v) is 3.82. The van der Waals surface area contributed by atoms with Crippen molar-refractivity contribution in [1.29, 1.82) is 5.26 Å². The molecule has 0 aliphatic carbocycles. The fourth-order valence-electron chi connectivity index (χ4n) is 3.82. The Bertz CT molecular complexity index is 803. The maximum atomic E-state index is 9.78. The summed E-state index contributed by atoms with van der Waals surface area (Å²) < 4.78 is 2.14. The second kappa shape index (κ2) is 7.81. The van der Waals surface area contributed by atoms with Gasteiger partial charge in [-0.1, -0.05) is 13.8 Å². The molecule has 0 aromatic carbocycles. The molecule has 7 nitrogen and oxygen atoms in total. The molecule has 1 aliphatic rings. The van der Waals surface area contributed by atoms with Gasteiger partial charge in [0.15, 0.2) is 5.82 Å². The van der Waals surface area contributed by atoms with Crippen LogP contribution in [-0.4, -0.2) is 38.1 Å². The van der Waals surface area contributed by atoms with Gasteiger partial charge in [0.25, 0.3) is 0 Å². The molecule has 3 rings (SSSR count). The Morgan fingerprint density at radius 2 is 2.04 bits per heavy atom. The summed E-state index contributed by atoms with van der Waals surface area (Å²) in [5.41, 5.74) is 2.65. The standard InChI is InChI=1S/C19H27N7/c1-5-15-16(10-20)19(24-22-17(15)6-2)25-9-7-8-14(11-25)18-23-21-12-26(18)13(3)4/h12-14H,5-9,11H2,1-4H3. The number of hydrogen-bond donors (Lipinski definition) is 0. The maximum Gasteiger partial charge on any atom is 0.169 e. The molecule has 1 unspecified atom stereocenters. The van der Waals surface area contributed by atoms with Crippen molar-refractivity contribution in [1.82, 2.24) is 25.0 Å². The van der Waals surface area contributed by atoms with Crippen LogP contribution in [0.15, 0.2) is 6.33 Å². The van der Waals surface area contributed by atoms with Crippen LogP contribution >= 0.6 is 0 Å². The lowest BCUT2D eigenvalue weighted by Crippen LogP contribution is -2.37. The van der Waals surface area contributed by atoms with Crippen molar-refractivity contribution < 1.29 is 0 Å². The Morgan fingerprint density at radius 3 is 2.69 bits per heavy atom. The molecule has 3 heterocycles. The first-order valence-electron chi connectivity index (χ1n) is 9.53. The number of nitrogens with zero attached hydrogens (tertiary/aromatic N) is 7. The molecule has 2 aromatic rings. The summed E-state index contributed by atoms with van der Waals surface area (Å²) in [6.45, 7) is 10.1. The number of aromatic nitrogens is 5. The van der Waals surface area contributed by atoms with Gasteiger partial charge in [-0.2, -0.15) is 10.4 Å². The summed E-state index contributed by atoms with van der Waals surface area (Å²) in [5.74, 6) is 2.04. The zero-order valence-corrected chi connectivity index (χ0v) is 16.1. The third kappa shape index (κ3) is 3.28. The number of hydrogen-bond acceptors (Lipinski definition) is 6. The Hall–Kier alpha value is -2.49. The molecule has 138 valence electrons. The van der Waals surface area contributed by atoms with Gasteiger partial charge in [0, 0.05) is 25.0 Å². The summed E-state index contributed by atoms with van der Waals surface area (Å²) in [6.07, 6.45) is 5.52. The zero-order valence-electron chi connectivity index (χ0n) is 16.1. The van der Waals surface area contributed by atoms with Crippen LogP contribution in [0.2, 0.25) is 0 Å². The van der Waals surface area contributed by atoms with Crippen molar-refractivity contribution in [3.8, 4) is 6.07 Å². The van der Waals surface area contributed by atoms with Crippen molar-refractivity contribution in [2.45, 2.75) is 65.3 Å². The molecule has 0 bridgehead atoms. The maximum absolute atomic E-state index is 9.78. The Kier molecular flexibility index (Phi) is 5.50. The van der Waals surface area contributed by atoms with Gasteiger partial charge in [-0.25, -0.2) is 0 Å². The van der Waals surface area contributed by atoms with Crippen molar-refractivity contribution in [3.63, 3.8) is 0 Å². The SMILES string of the molecule is CCc1nnc(N2CCCC(c3nncn3C(C)C)C2)c(C#N)c1CC. The van der Waals surface area contributed by atoms with Crippen molar-refractivity contribution in [2.24, 2.45) is 0 Å². The quantitative estimate of drug-likeness (QED) is 0.821. The average molecular weight is 353 g/mol. The molecule has 1 aliphatic heterocycles. The minimum absolute atomic E-state index is 0.290. The van der Waals surface area contributed by atoms with E-state index in [4.69, 9.17) is 0 Å². The highest BCUT2D eigenvalue weighted by Gasteiger charge is 2.29. The van der Waals surface area contributed by atoms with Crippen LogP contribution in [0, 0.1) is 11.3 Å². The molecule has 0 saturated carbocycles. The monoisotopic (exact) mass is 353 g/mol. The lowest BCUT2D eigenvalue weighted by atomic mass is 9.95. The lowest BCUT2D eigenvalue weighted by Gasteiger charge is -2.34. The lowest BCUT2D eigenvalue weighted by molar-refractivity contribution is 0.452. The zero-order chi connectivity index (χ0) is 18.7. The average Bonchev–Trinajstić information content (AvgIpc) is 3.17. The summed E-state index contributed by atoms with van der Waals surface area (Å²) in [5, 5.41) is 27.1. The van der Waals surface area contributed by atoms with E-state index in [1.807, 2.05) is 6.33 Å². The Balaban J connectivity index is 1.93. The van der Waals surface area contributed by atoms with Gasteiger partial charge >= 0.3 is 0 Å². The van der Waals surface area contributed by atoms with Gasteiger partial charge in [-0.3, -0.25) is 0 Å². The van der Waals surface area contributed by atoms with Crippen LogP contribution in [0.5, 0.6) is 0 Å². The van der Waals surface area contributed by atoms with E-state index in [1.54, 1.807) is 0 Å². The fraction of sp³-hybridized carbons (Fsp3) is 0.632. The van der Waals surface area contributed by atoms with E-state index in [2.05, 4.69) is 63.6 Å². The van der Waals surface area contributed by atoms with Crippen LogP contribution in [0.4, 0.5) is 5.82 Å². The minimum atomic E-state index is 0.290. The second-order valence-electron chi connectivity index (χ2n) is 7.12. The molecule has 0 amide bonds. The highest BCUT2D eigenvalue weighted by molar-refractivity contribution is 5.58. The molecule has 26 heavy (non-hydrogen) atoms. The van der Waals surface area contributed by atoms with Gasteiger partial charge in [0.2, 0.25) is 0 Å². The minimum Gasteiger partial charge on any atom is -0.353 e. The highest BCUT2D eigenvalue weighted by Crippen LogP contribution is 2.31. The second-order valence-corrected chi connectivity index (χ2v) is 7.12. The third-order valence-corrected chi connectivity index (χ3v) is 5.18. The van der Waals surface area contributed by atoms with Crippen LogP contribution in [0.1, 0.15) is 75.1 Å². The molecular weight excluding hydrogens is 326 g/mol. The first kappa shape index (κ1) is 18.3. The predicted molar refractivity (Wildman–Crippen MR) is 100 cm³/mol. The molecular formula is C19H27N7. The highest BCUT2D eigenvalue weighted by atomic mass is 15.3. The van der Waals surface area contributed by atoms with Crippen LogP contribution in [0.3, 0.4) is 0 Å². The third-order valence-electron chi connectivity index (χ3n) is 5.18. The van der Waals surface area contributed by atoms with Gasteiger partial charge in [-0.15, -0.1) is 15.3 Å². The predicted octanol–water partition coefficient (Wildman–Crippen LogP) is 3.03. The first-order chi connectivity index (χ1) is 12.6. The van der Waals surface area contributed by atoms with E-state index in [-0.39, 0.29) is 5.92 Å². The first-order valence-corrected chi connectivity index (χ1v) is 9.53. The molecule has 7 heteroatoms. The van der Waals surface area contributed by atoms with Crippen molar-refractivity contribution in [3.05, 3.63) is 29.0 Å². The largest absolute Gasteiger partial charge is 0.353 e. The molecule has 1 saturated heterocycles. The Labute approximate surface area is 155 Å². The number of anilines is 1. The summed E-state index contributed by atoms with van der Waals surface area (Å²) in [7, 11) is 0. The number of aryl methyl sites for hydroxylation is 1. The van der Waals surface area contributed by atoms with Gasteiger partial charge in [0.1, 0.15) is 23.8 Å². The van der Waals surface area contributed by atoms with Crippen LogP contribution < -0.4 is 4.90 Å². The van der Waals surface area contributed by atoms with E-state index in [9.17, 15) is 5.26 Å². The molecule has 0 N–H and O–H groups in total. The molecule has 2 aromatic heterocycles. The van der Waals surface area contributed by atoms with E-state index >= 15 is 0 Å². The van der Waals surface area contributed by atoms with E-state index in [0.29, 0.717) is 11.6 Å². The molecule has 1 atom stereocenters. The molecule has 0 spiro atoms. The van der Waals surface area contributed by atoms with E-state index in [1.165, 1.54) is 0 Å². The van der Waals surface area contributed by atoms with Gasteiger partial charge in [0.05, 0.1) is 5.69 Å². The molecule has 0 radical (unpaired) electrons. The normalized spacial score (nSPS) is 17.5.